The molecule has 0 aromatic rings. The molecule has 2 fully saturated rings. The van der Waals surface area contributed by atoms with E-state index in [0.717, 1.165) is 0 Å². The van der Waals surface area contributed by atoms with Gasteiger partial charge in [0.15, 0.2) is 0 Å². The van der Waals surface area contributed by atoms with E-state index < -0.39 is 0 Å². The van der Waals surface area contributed by atoms with Gasteiger partial charge in [0, 0.05) is 13.7 Å². The molecule has 2 aliphatic heterocycles. The van der Waals surface area contributed by atoms with Gasteiger partial charge in [-0.3, -0.25) is 0 Å². The molecule has 76 valence electrons. The lowest BCUT2D eigenvalue weighted by Crippen LogP contribution is -2.33. The van der Waals surface area contributed by atoms with E-state index >= 15 is 0 Å². The normalized spacial score (nSPS) is 43.8. The van der Waals surface area contributed by atoms with Crippen molar-refractivity contribution in [2.75, 3.05) is 26.9 Å². The molecule has 4 atom stereocenters. The molecule has 0 aliphatic carbocycles. The van der Waals surface area contributed by atoms with Crippen LogP contribution in [-0.2, 0) is 18.9 Å². The molecule has 2 saturated heterocycles. The molecular weight excluding hydrogens is 172 g/mol. The quantitative estimate of drug-likeness (QED) is 0.634. The Morgan fingerprint density at radius 1 is 1.15 bits per heavy atom. The van der Waals surface area contributed by atoms with Crippen molar-refractivity contribution in [1.82, 2.24) is 0 Å². The standard InChI is InChI=1S/C9H16O4/c1-3-11-7-5-13-8-6(10-2)4-12-9(7)8/h6-9H,3-5H2,1-2H3/t6-,7-,8-,9-/m1/s1. The van der Waals surface area contributed by atoms with E-state index in [2.05, 4.69) is 0 Å². The average Bonchev–Trinajstić information content (AvgIpc) is 2.68. The van der Waals surface area contributed by atoms with E-state index in [1.165, 1.54) is 0 Å². The summed E-state index contributed by atoms with van der Waals surface area (Å²) in [7, 11) is 1.69. The summed E-state index contributed by atoms with van der Waals surface area (Å²) in [5.41, 5.74) is 0. The van der Waals surface area contributed by atoms with Gasteiger partial charge in [-0.15, -0.1) is 0 Å². The largest absolute Gasteiger partial charge is 0.376 e. The summed E-state index contributed by atoms with van der Waals surface area (Å²) < 4.78 is 21.9. The lowest BCUT2D eigenvalue weighted by atomic mass is 10.1. The zero-order valence-corrected chi connectivity index (χ0v) is 8.06. The number of hydrogen-bond donors (Lipinski definition) is 0. The van der Waals surface area contributed by atoms with E-state index in [1.807, 2.05) is 6.92 Å². The lowest BCUT2D eigenvalue weighted by molar-refractivity contribution is -0.0383. The van der Waals surface area contributed by atoms with Crippen molar-refractivity contribution in [2.45, 2.75) is 31.3 Å². The maximum absolute atomic E-state index is 5.57. The van der Waals surface area contributed by atoms with Crippen LogP contribution >= 0.6 is 0 Å². The Bertz CT molecular complexity index is 173. The first kappa shape index (κ1) is 9.40. The van der Waals surface area contributed by atoms with Crippen molar-refractivity contribution in [3.63, 3.8) is 0 Å². The van der Waals surface area contributed by atoms with Crippen LogP contribution in [-0.4, -0.2) is 51.3 Å². The molecule has 0 aromatic heterocycles. The van der Waals surface area contributed by atoms with E-state index in [4.69, 9.17) is 18.9 Å². The van der Waals surface area contributed by atoms with E-state index in [-0.39, 0.29) is 24.4 Å². The second kappa shape index (κ2) is 3.92. The summed E-state index contributed by atoms with van der Waals surface area (Å²) in [6, 6.07) is 0. The SMILES string of the molecule is CCO[C@@H]1CO[C@H]2[C@@H]1OC[C@H]2OC. The Morgan fingerprint density at radius 3 is 2.38 bits per heavy atom. The fraction of sp³-hybridized carbons (Fsp3) is 1.00. The van der Waals surface area contributed by atoms with Gasteiger partial charge >= 0.3 is 0 Å². The monoisotopic (exact) mass is 188 g/mol. The van der Waals surface area contributed by atoms with Gasteiger partial charge in [0.05, 0.1) is 13.2 Å². The number of ether oxygens (including phenoxy) is 4. The van der Waals surface area contributed by atoms with Crippen LogP contribution < -0.4 is 0 Å². The molecule has 4 nitrogen and oxygen atoms in total. The minimum absolute atomic E-state index is 0.0709. The Balaban J connectivity index is 1.95. The first-order valence-corrected chi connectivity index (χ1v) is 4.74. The number of methoxy groups -OCH3 is 1. The fourth-order valence-electron chi connectivity index (χ4n) is 1.99. The van der Waals surface area contributed by atoms with Crippen LogP contribution in [0.5, 0.6) is 0 Å². The number of rotatable bonds is 3. The third-order valence-electron chi connectivity index (χ3n) is 2.65. The second-order valence-corrected chi connectivity index (χ2v) is 3.36. The van der Waals surface area contributed by atoms with Gasteiger partial charge in [0.25, 0.3) is 0 Å². The highest BCUT2D eigenvalue weighted by Gasteiger charge is 2.48. The molecule has 0 saturated carbocycles. The Kier molecular flexibility index (Phi) is 2.83. The molecule has 0 aromatic carbocycles. The van der Waals surface area contributed by atoms with E-state index in [9.17, 15) is 0 Å². The molecule has 0 N–H and O–H groups in total. The maximum Gasteiger partial charge on any atom is 0.115 e. The minimum atomic E-state index is 0.0709. The van der Waals surface area contributed by atoms with Gasteiger partial charge in [-0.05, 0) is 6.92 Å². The summed E-state index contributed by atoms with van der Waals surface area (Å²) in [6.45, 7) is 3.94. The molecule has 0 amide bonds. The van der Waals surface area contributed by atoms with Crippen LogP contribution in [0.25, 0.3) is 0 Å². The molecule has 13 heavy (non-hydrogen) atoms. The van der Waals surface area contributed by atoms with Gasteiger partial charge in [-0.2, -0.15) is 0 Å². The minimum Gasteiger partial charge on any atom is -0.376 e. The number of hydrogen-bond acceptors (Lipinski definition) is 4. The highest BCUT2D eigenvalue weighted by molar-refractivity contribution is 4.95. The summed E-state index contributed by atoms with van der Waals surface area (Å²) in [5, 5.41) is 0. The zero-order chi connectivity index (χ0) is 9.26. The molecule has 0 radical (unpaired) electrons. The zero-order valence-electron chi connectivity index (χ0n) is 8.06. The average molecular weight is 188 g/mol. The fourth-order valence-corrected chi connectivity index (χ4v) is 1.99. The van der Waals surface area contributed by atoms with Crippen LogP contribution in [0.3, 0.4) is 0 Å². The van der Waals surface area contributed by atoms with Gasteiger partial charge in [0.1, 0.15) is 24.4 Å². The van der Waals surface area contributed by atoms with Gasteiger partial charge in [-0.25, -0.2) is 0 Å². The predicted octanol–water partition coefficient (Wildman–Crippen LogP) is 0.204. The topological polar surface area (TPSA) is 36.9 Å². The van der Waals surface area contributed by atoms with Crippen LogP contribution in [0.4, 0.5) is 0 Å². The summed E-state index contributed by atoms with van der Waals surface area (Å²) in [5.74, 6) is 0. The van der Waals surface area contributed by atoms with Crippen molar-refractivity contribution in [1.29, 1.82) is 0 Å². The predicted molar refractivity (Wildman–Crippen MR) is 45.7 cm³/mol. The summed E-state index contributed by atoms with van der Waals surface area (Å²) in [4.78, 5) is 0. The lowest BCUT2D eigenvalue weighted by Gasteiger charge is -2.15. The molecule has 2 rings (SSSR count). The Labute approximate surface area is 78.1 Å². The Hall–Kier alpha value is -0.160. The van der Waals surface area contributed by atoms with Gasteiger partial charge in [0.2, 0.25) is 0 Å². The van der Waals surface area contributed by atoms with Crippen molar-refractivity contribution in [3.05, 3.63) is 0 Å². The van der Waals surface area contributed by atoms with Crippen LogP contribution in [0, 0.1) is 0 Å². The third-order valence-corrected chi connectivity index (χ3v) is 2.65. The molecule has 0 bridgehead atoms. The Morgan fingerprint density at radius 2 is 1.77 bits per heavy atom. The van der Waals surface area contributed by atoms with Crippen molar-refractivity contribution in [3.8, 4) is 0 Å². The molecule has 0 spiro atoms. The molecule has 4 heteroatoms. The van der Waals surface area contributed by atoms with Crippen LogP contribution in [0.1, 0.15) is 6.92 Å². The first-order chi connectivity index (χ1) is 6.36. The van der Waals surface area contributed by atoms with Gasteiger partial charge < -0.3 is 18.9 Å². The van der Waals surface area contributed by atoms with Gasteiger partial charge in [-0.1, -0.05) is 0 Å². The van der Waals surface area contributed by atoms with E-state index in [1.54, 1.807) is 7.11 Å². The maximum atomic E-state index is 5.57. The highest BCUT2D eigenvalue weighted by atomic mass is 16.6. The van der Waals surface area contributed by atoms with Crippen LogP contribution in [0.2, 0.25) is 0 Å². The highest BCUT2D eigenvalue weighted by Crippen LogP contribution is 2.29. The van der Waals surface area contributed by atoms with Crippen molar-refractivity contribution >= 4 is 0 Å². The molecular formula is C9H16O4. The molecule has 0 unspecified atom stereocenters. The van der Waals surface area contributed by atoms with E-state index in [0.29, 0.717) is 19.8 Å². The smallest absolute Gasteiger partial charge is 0.115 e. The second-order valence-electron chi connectivity index (χ2n) is 3.36. The van der Waals surface area contributed by atoms with Crippen molar-refractivity contribution in [2.24, 2.45) is 0 Å². The van der Waals surface area contributed by atoms with Crippen LogP contribution in [0.15, 0.2) is 0 Å². The number of fused-ring (bicyclic) bond motifs is 1. The summed E-state index contributed by atoms with van der Waals surface area (Å²) in [6.07, 6.45) is 0.317. The summed E-state index contributed by atoms with van der Waals surface area (Å²) >= 11 is 0. The molecule has 2 heterocycles. The third kappa shape index (κ3) is 1.59. The van der Waals surface area contributed by atoms with Crippen molar-refractivity contribution < 1.29 is 18.9 Å². The first-order valence-electron chi connectivity index (χ1n) is 4.74. The molecule has 2 aliphatic rings.